The number of benzene rings is 2. The van der Waals surface area contributed by atoms with Crippen LogP contribution in [0.15, 0.2) is 66.5 Å². The normalized spacial score (nSPS) is 16.9. The highest BCUT2D eigenvalue weighted by molar-refractivity contribution is 6.46. The van der Waals surface area contributed by atoms with E-state index in [-0.39, 0.29) is 28.5 Å². The number of likely N-dealkylation sites (tertiary alicyclic amines) is 1. The van der Waals surface area contributed by atoms with Gasteiger partial charge in [-0.05, 0) is 29.8 Å². The molecule has 0 radical (unpaired) electrons. The molecule has 0 bridgehead atoms. The highest BCUT2D eigenvalue weighted by Gasteiger charge is 2.47. The summed E-state index contributed by atoms with van der Waals surface area (Å²) >= 11 is 6.31. The van der Waals surface area contributed by atoms with Crippen molar-refractivity contribution in [3.05, 3.63) is 88.2 Å². The molecule has 1 aliphatic rings. The second kappa shape index (κ2) is 10.1. The number of Topliss-reactive ketones (excluding diaryl/α,β-unsaturated/α-hetero) is 1. The Morgan fingerprint density at radius 2 is 1.63 bits per heavy atom. The lowest BCUT2D eigenvalue weighted by atomic mass is 9.94. The zero-order valence-electron chi connectivity index (χ0n) is 19.3. The molecule has 2 aromatic carbocycles. The number of hydrogen-bond acceptors (Lipinski definition) is 7. The molecule has 1 unspecified atom stereocenters. The summed E-state index contributed by atoms with van der Waals surface area (Å²) in [5.41, 5.74) is 1.36. The van der Waals surface area contributed by atoms with Crippen molar-refractivity contribution in [2.24, 2.45) is 0 Å². The molecule has 180 valence electrons. The van der Waals surface area contributed by atoms with Crippen LogP contribution in [0.1, 0.15) is 22.7 Å². The number of aliphatic hydroxyl groups excluding tert-OH is 1. The minimum atomic E-state index is -0.926. The fourth-order valence-electron chi connectivity index (χ4n) is 4.13. The Morgan fingerprint density at radius 1 is 0.971 bits per heavy atom. The second-order valence-electron chi connectivity index (χ2n) is 7.71. The number of amides is 1. The van der Waals surface area contributed by atoms with Crippen LogP contribution in [0.4, 0.5) is 0 Å². The van der Waals surface area contributed by atoms with Gasteiger partial charge in [-0.2, -0.15) is 0 Å². The third-order valence-electron chi connectivity index (χ3n) is 5.80. The minimum absolute atomic E-state index is 0.104. The first-order valence-corrected chi connectivity index (χ1v) is 11.0. The van der Waals surface area contributed by atoms with Gasteiger partial charge in [-0.1, -0.05) is 29.8 Å². The molecule has 0 spiro atoms. The van der Waals surface area contributed by atoms with E-state index in [1.807, 2.05) is 0 Å². The predicted molar refractivity (Wildman–Crippen MR) is 130 cm³/mol. The van der Waals surface area contributed by atoms with Crippen LogP contribution in [0.2, 0.25) is 5.02 Å². The summed E-state index contributed by atoms with van der Waals surface area (Å²) in [5, 5.41) is 11.6. The predicted octanol–water partition coefficient (Wildman–Crippen LogP) is 4.38. The lowest BCUT2D eigenvalue weighted by molar-refractivity contribution is -0.140. The van der Waals surface area contributed by atoms with Gasteiger partial charge in [0.05, 0.1) is 43.5 Å². The summed E-state index contributed by atoms with van der Waals surface area (Å²) in [6, 6.07) is 12.6. The van der Waals surface area contributed by atoms with Gasteiger partial charge in [0.2, 0.25) is 0 Å². The summed E-state index contributed by atoms with van der Waals surface area (Å²) < 4.78 is 16.2. The molecule has 0 aliphatic carbocycles. The van der Waals surface area contributed by atoms with E-state index in [0.29, 0.717) is 17.1 Å². The number of aromatic nitrogens is 1. The highest BCUT2D eigenvalue weighted by Crippen LogP contribution is 2.45. The van der Waals surface area contributed by atoms with Crippen LogP contribution in [0.5, 0.6) is 17.2 Å². The van der Waals surface area contributed by atoms with E-state index in [9.17, 15) is 14.7 Å². The summed E-state index contributed by atoms with van der Waals surface area (Å²) in [6.07, 6.45) is 3.21. The largest absolute Gasteiger partial charge is 0.507 e. The van der Waals surface area contributed by atoms with E-state index >= 15 is 0 Å². The summed E-state index contributed by atoms with van der Waals surface area (Å²) in [6.45, 7) is 0.118. The molecule has 8 nitrogen and oxygen atoms in total. The number of ketones is 1. The fourth-order valence-corrected chi connectivity index (χ4v) is 4.37. The molecular formula is C26H23ClN2O6. The topological polar surface area (TPSA) is 98.2 Å². The van der Waals surface area contributed by atoms with Gasteiger partial charge in [-0.15, -0.1) is 0 Å². The monoisotopic (exact) mass is 494 g/mol. The minimum Gasteiger partial charge on any atom is -0.507 e. The molecule has 1 N–H and O–H groups in total. The molecule has 1 aromatic heterocycles. The van der Waals surface area contributed by atoms with Crippen LogP contribution in [0.3, 0.4) is 0 Å². The number of hydrogen-bond donors (Lipinski definition) is 1. The molecular weight excluding hydrogens is 472 g/mol. The van der Waals surface area contributed by atoms with Crippen molar-refractivity contribution in [2.45, 2.75) is 12.6 Å². The maximum absolute atomic E-state index is 13.4. The summed E-state index contributed by atoms with van der Waals surface area (Å²) in [4.78, 5) is 32.0. The SMILES string of the molecule is COc1cc(OC)c(/C(O)=C2\C(=O)C(=O)N(Cc3ccncc3)C2c2ccccc2OC)cc1Cl. The van der Waals surface area contributed by atoms with E-state index in [1.54, 1.807) is 48.8 Å². The average molecular weight is 495 g/mol. The van der Waals surface area contributed by atoms with Crippen LogP contribution < -0.4 is 14.2 Å². The van der Waals surface area contributed by atoms with E-state index < -0.39 is 23.5 Å². The maximum Gasteiger partial charge on any atom is 0.295 e. The number of halogens is 1. The number of ether oxygens (including phenoxy) is 3. The van der Waals surface area contributed by atoms with Gasteiger partial charge >= 0.3 is 0 Å². The number of nitrogens with zero attached hydrogens (tertiary/aromatic N) is 2. The van der Waals surface area contributed by atoms with Crippen molar-refractivity contribution in [3.8, 4) is 17.2 Å². The Hall–Kier alpha value is -4.04. The Bertz CT molecular complexity index is 1310. The Kier molecular flexibility index (Phi) is 6.93. The number of pyridine rings is 1. The zero-order valence-corrected chi connectivity index (χ0v) is 20.1. The van der Waals surface area contributed by atoms with Crippen molar-refractivity contribution < 1.29 is 28.9 Å². The maximum atomic E-state index is 13.4. The lowest BCUT2D eigenvalue weighted by Gasteiger charge is -2.26. The smallest absolute Gasteiger partial charge is 0.295 e. The lowest BCUT2D eigenvalue weighted by Crippen LogP contribution is -2.29. The number of carbonyl (C=O) groups is 2. The van der Waals surface area contributed by atoms with Crippen LogP contribution in [0.25, 0.3) is 5.76 Å². The molecule has 1 fully saturated rings. The van der Waals surface area contributed by atoms with Gasteiger partial charge in [0.25, 0.3) is 11.7 Å². The van der Waals surface area contributed by atoms with Gasteiger partial charge in [0.15, 0.2) is 0 Å². The number of aliphatic hydroxyl groups is 1. The second-order valence-corrected chi connectivity index (χ2v) is 8.12. The van der Waals surface area contributed by atoms with Crippen molar-refractivity contribution >= 4 is 29.1 Å². The summed E-state index contributed by atoms with van der Waals surface area (Å²) in [5.74, 6) is -0.982. The molecule has 1 aliphatic heterocycles. The van der Waals surface area contributed by atoms with E-state index in [1.165, 1.54) is 38.4 Å². The van der Waals surface area contributed by atoms with Crippen LogP contribution >= 0.6 is 11.6 Å². The highest BCUT2D eigenvalue weighted by atomic mass is 35.5. The van der Waals surface area contributed by atoms with Gasteiger partial charge in [-0.25, -0.2) is 0 Å². The first-order valence-electron chi connectivity index (χ1n) is 10.6. The Morgan fingerprint density at radius 3 is 2.29 bits per heavy atom. The molecule has 0 saturated carbocycles. The zero-order chi connectivity index (χ0) is 25.1. The Balaban J connectivity index is 1.95. The number of carbonyl (C=O) groups excluding carboxylic acids is 2. The standard InChI is InChI=1S/C26H23ClN2O6/c1-33-19-7-5-4-6-16(19)23-22(24(30)17-12-18(27)21(35-3)13-20(17)34-2)25(31)26(32)29(23)14-15-8-10-28-11-9-15/h4-13,23,30H,14H2,1-3H3/b24-22+. The van der Waals surface area contributed by atoms with E-state index in [0.717, 1.165) is 5.56 Å². The van der Waals surface area contributed by atoms with Gasteiger partial charge in [0.1, 0.15) is 23.0 Å². The molecule has 3 aromatic rings. The van der Waals surface area contributed by atoms with Gasteiger partial charge in [-0.3, -0.25) is 14.6 Å². The van der Waals surface area contributed by atoms with Crippen LogP contribution in [0, 0.1) is 0 Å². The van der Waals surface area contributed by atoms with Crippen LogP contribution in [-0.2, 0) is 16.1 Å². The van der Waals surface area contributed by atoms with E-state index in [4.69, 9.17) is 25.8 Å². The van der Waals surface area contributed by atoms with Gasteiger partial charge in [0, 0.05) is 30.6 Å². The van der Waals surface area contributed by atoms with Crippen molar-refractivity contribution in [3.63, 3.8) is 0 Å². The van der Waals surface area contributed by atoms with Crippen molar-refractivity contribution in [2.75, 3.05) is 21.3 Å². The van der Waals surface area contributed by atoms with Crippen LogP contribution in [-0.4, -0.2) is 48.0 Å². The van der Waals surface area contributed by atoms with Gasteiger partial charge < -0.3 is 24.2 Å². The molecule has 1 amide bonds. The molecule has 1 saturated heterocycles. The molecule has 35 heavy (non-hydrogen) atoms. The number of methoxy groups -OCH3 is 3. The van der Waals surface area contributed by atoms with Crippen molar-refractivity contribution in [1.29, 1.82) is 0 Å². The number of rotatable bonds is 7. The molecule has 2 heterocycles. The fraction of sp³-hybridized carbons (Fsp3) is 0.192. The average Bonchev–Trinajstić information content (AvgIpc) is 3.13. The van der Waals surface area contributed by atoms with E-state index in [2.05, 4.69) is 4.98 Å². The van der Waals surface area contributed by atoms with Crippen molar-refractivity contribution in [1.82, 2.24) is 9.88 Å². The molecule has 1 atom stereocenters. The molecule has 4 rings (SSSR count). The Labute approximate surface area is 207 Å². The first kappa shape index (κ1) is 24.1. The first-order chi connectivity index (χ1) is 16.9. The number of para-hydroxylation sites is 1. The molecule has 9 heteroatoms. The quantitative estimate of drug-likeness (QED) is 0.295. The third-order valence-corrected chi connectivity index (χ3v) is 6.10. The summed E-state index contributed by atoms with van der Waals surface area (Å²) in [7, 11) is 4.37. The third kappa shape index (κ3) is 4.40.